The van der Waals surface area contributed by atoms with Crippen LogP contribution in [0.2, 0.25) is 0 Å². The van der Waals surface area contributed by atoms with Crippen molar-refractivity contribution >= 4 is 29.8 Å². The molecule has 13 heteroatoms. The van der Waals surface area contributed by atoms with Gasteiger partial charge in [-0.2, -0.15) is 0 Å². The Morgan fingerprint density at radius 3 is 1.87 bits per heavy atom. The Morgan fingerprint density at radius 1 is 0.696 bits per heavy atom. The molecule has 0 N–H and O–H groups in total. The zero-order valence-corrected chi connectivity index (χ0v) is 26.8. The van der Waals surface area contributed by atoms with Crippen LogP contribution in [0.25, 0.3) is 0 Å². The minimum absolute atomic E-state index is 0.0193. The van der Waals surface area contributed by atoms with Crippen LogP contribution in [-0.4, -0.2) is 73.8 Å². The summed E-state index contributed by atoms with van der Waals surface area (Å²) in [6, 6.07) is 12.6. The highest BCUT2D eigenvalue weighted by atomic mass is 16.7. The van der Waals surface area contributed by atoms with Crippen molar-refractivity contribution in [3.63, 3.8) is 0 Å². The molecule has 250 valence electrons. The van der Waals surface area contributed by atoms with E-state index < -0.39 is 67.2 Å². The number of ether oxygens (including phenoxy) is 8. The van der Waals surface area contributed by atoms with Gasteiger partial charge >= 0.3 is 29.8 Å². The third-order valence-electron chi connectivity index (χ3n) is 6.55. The van der Waals surface area contributed by atoms with Crippen molar-refractivity contribution in [1.29, 1.82) is 0 Å². The maximum Gasteiger partial charge on any atom is 0.303 e. The van der Waals surface area contributed by atoms with Gasteiger partial charge in [0.15, 0.2) is 12.2 Å². The second-order valence-electron chi connectivity index (χ2n) is 10.6. The molecular weight excluding hydrogens is 604 g/mol. The fraction of sp³-hybridized carbons (Fsp3) is 0.485. The highest BCUT2D eigenvalue weighted by molar-refractivity contribution is 5.69. The molecule has 1 aliphatic heterocycles. The fourth-order valence-corrected chi connectivity index (χ4v) is 4.71. The van der Waals surface area contributed by atoms with E-state index in [9.17, 15) is 24.0 Å². The molecule has 0 aliphatic carbocycles. The molecule has 0 radical (unpaired) electrons. The van der Waals surface area contributed by atoms with Crippen LogP contribution in [0.4, 0.5) is 0 Å². The summed E-state index contributed by atoms with van der Waals surface area (Å²) < 4.78 is 44.9. The van der Waals surface area contributed by atoms with Gasteiger partial charge in [-0.05, 0) is 47.4 Å². The average molecular weight is 645 g/mol. The normalized spacial score (nSPS) is 20.5. The monoisotopic (exact) mass is 644 g/mol. The second kappa shape index (κ2) is 17.2. The summed E-state index contributed by atoms with van der Waals surface area (Å²) in [7, 11) is 0. The molecular formula is C33H40O13. The number of hydrogen-bond acceptors (Lipinski definition) is 13. The maximum absolute atomic E-state index is 12.2. The molecule has 13 nitrogen and oxygen atoms in total. The zero-order valence-electron chi connectivity index (χ0n) is 26.8. The molecule has 1 saturated heterocycles. The first kappa shape index (κ1) is 35.8. The maximum atomic E-state index is 12.2. The van der Waals surface area contributed by atoms with E-state index in [1.165, 1.54) is 13.8 Å². The van der Waals surface area contributed by atoms with Crippen LogP contribution in [0.1, 0.15) is 64.7 Å². The number of benzene rings is 2. The summed E-state index contributed by atoms with van der Waals surface area (Å²) in [6.07, 6.45) is -5.45. The summed E-state index contributed by atoms with van der Waals surface area (Å²) >= 11 is 0. The first-order chi connectivity index (χ1) is 21.9. The lowest BCUT2D eigenvalue weighted by molar-refractivity contribution is -0.288. The molecule has 2 aromatic carbocycles. The van der Waals surface area contributed by atoms with Crippen molar-refractivity contribution in [2.45, 2.75) is 91.7 Å². The van der Waals surface area contributed by atoms with Crippen LogP contribution in [0.5, 0.6) is 11.5 Å². The molecule has 5 atom stereocenters. The summed E-state index contributed by atoms with van der Waals surface area (Å²) in [6.45, 7) is 8.17. The second-order valence-corrected chi connectivity index (χ2v) is 10.6. The van der Waals surface area contributed by atoms with Crippen LogP contribution in [0, 0.1) is 0 Å². The van der Waals surface area contributed by atoms with Crippen LogP contribution in [0.3, 0.4) is 0 Å². The number of rotatable bonds is 14. The molecule has 46 heavy (non-hydrogen) atoms. The predicted octanol–water partition coefficient (Wildman–Crippen LogP) is 3.59. The first-order valence-electron chi connectivity index (χ1n) is 14.8. The van der Waals surface area contributed by atoms with E-state index in [1.54, 1.807) is 18.2 Å². The molecule has 0 amide bonds. The Kier molecular flexibility index (Phi) is 13.4. The molecule has 1 aliphatic rings. The molecule has 1 heterocycles. The van der Waals surface area contributed by atoms with E-state index in [-0.39, 0.29) is 6.61 Å². The molecule has 2 aromatic rings. The van der Waals surface area contributed by atoms with Crippen molar-refractivity contribution in [3.05, 3.63) is 59.2 Å². The van der Waals surface area contributed by atoms with Gasteiger partial charge in [0.05, 0.1) is 6.61 Å². The Labute approximate surface area is 267 Å². The fourth-order valence-electron chi connectivity index (χ4n) is 4.71. The third-order valence-corrected chi connectivity index (χ3v) is 6.55. The van der Waals surface area contributed by atoms with Crippen molar-refractivity contribution in [2.24, 2.45) is 0 Å². The van der Waals surface area contributed by atoms with Crippen LogP contribution in [-0.2, 0) is 65.4 Å². The van der Waals surface area contributed by atoms with Gasteiger partial charge < -0.3 is 37.9 Å². The number of carbonyl (C=O) groups excluding carboxylic acids is 5. The third kappa shape index (κ3) is 11.1. The predicted molar refractivity (Wildman–Crippen MR) is 160 cm³/mol. The van der Waals surface area contributed by atoms with Gasteiger partial charge in [-0.1, -0.05) is 25.1 Å². The van der Waals surface area contributed by atoms with E-state index >= 15 is 0 Å². The van der Waals surface area contributed by atoms with Crippen molar-refractivity contribution in [3.8, 4) is 11.5 Å². The van der Waals surface area contributed by atoms with Gasteiger partial charge in [0.25, 0.3) is 0 Å². The van der Waals surface area contributed by atoms with Crippen molar-refractivity contribution < 1.29 is 61.9 Å². The standard InChI is InChI=1S/C33H40O13/c1-7-14-39-27-11-8-24(9-12-27)15-26-16-25(17-40-19(2)34)10-13-28(26)45-33-32(44-23(6)38)31(43-22(5)37)30(42-21(4)36)29(46-33)18-41-20(3)35/h8-13,16,29-33H,7,14-15,17-18H2,1-6H3/t29-,30-,31+,32-,33+/m1/s1. The molecule has 0 spiro atoms. The molecule has 0 saturated carbocycles. The summed E-state index contributed by atoms with van der Waals surface area (Å²) in [5.41, 5.74) is 2.24. The lowest BCUT2D eigenvalue weighted by Gasteiger charge is -2.44. The largest absolute Gasteiger partial charge is 0.494 e. The number of carbonyl (C=O) groups is 5. The minimum atomic E-state index is -1.41. The van der Waals surface area contributed by atoms with Gasteiger partial charge in [0.1, 0.15) is 30.8 Å². The van der Waals surface area contributed by atoms with Crippen LogP contribution in [0.15, 0.2) is 42.5 Å². The smallest absolute Gasteiger partial charge is 0.303 e. The van der Waals surface area contributed by atoms with Crippen molar-refractivity contribution in [1.82, 2.24) is 0 Å². The van der Waals surface area contributed by atoms with E-state index in [1.807, 2.05) is 31.2 Å². The Morgan fingerprint density at radius 2 is 1.28 bits per heavy atom. The SMILES string of the molecule is CCCOc1ccc(Cc2cc(COC(C)=O)ccc2O[C@H]2O[C@H](COC(C)=O)[C@@H](OC(C)=O)[C@H](OC(C)=O)[C@H]2OC(C)=O)cc1. The highest BCUT2D eigenvalue weighted by Crippen LogP contribution is 2.33. The first-order valence-corrected chi connectivity index (χ1v) is 14.8. The molecule has 0 unspecified atom stereocenters. The van der Waals surface area contributed by atoms with E-state index in [2.05, 4.69) is 0 Å². The lowest BCUT2D eigenvalue weighted by atomic mass is 9.97. The zero-order chi connectivity index (χ0) is 33.8. The Hall–Kier alpha value is -4.65. The van der Waals surface area contributed by atoms with Crippen molar-refractivity contribution in [2.75, 3.05) is 13.2 Å². The Balaban J connectivity index is 2.03. The topological polar surface area (TPSA) is 159 Å². The van der Waals surface area contributed by atoms with Gasteiger partial charge in [-0.25, -0.2) is 0 Å². The van der Waals surface area contributed by atoms with E-state index in [0.717, 1.165) is 38.5 Å². The van der Waals surface area contributed by atoms with E-state index in [4.69, 9.17) is 37.9 Å². The van der Waals surface area contributed by atoms with Gasteiger partial charge in [0.2, 0.25) is 12.4 Å². The summed E-state index contributed by atoms with van der Waals surface area (Å²) in [5, 5.41) is 0. The van der Waals surface area contributed by atoms with Crippen LogP contribution < -0.4 is 9.47 Å². The molecule has 0 bridgehead atoms. The lowest BCUT2D eigenvalue weighted by Crippen LogP contribution is -2.63. The minimum Gasteiger partial charge on any atom is -0.494 e. The quantitative estimate of drug-likeness (QED) is 0.217. The van der Waals surface area contributed by atoms with Gasteiger partial charge in [-0.15, -0.1) is 0 Å². The number of hydrogen-bond donors (Lipinski definition) is 0. The number of esters is 5. The molecule has 1 fully saturated rings. The molecule has 0 aromatic heterocycles. The highest BCUT2D eigenvalue weighted by Gasteiger charge is 2.53. The summed E-state index contributed by atoms with van der Waals surface area (Å²) in [4.78, 5) is 59.6. The van der Waals surface area contributed by atoms with Crippen LogP contribution >= 0.6 is 0 Å². The molecule has 3 rings (SSSR count). The van der Waals surface area contributed by atoms with Gasteiger partial charge in [0, 0.05) is 41.0 Å². The average Bonchev–Trinajstić information content (AvgIpc) is 2.98. The Bertz CT molecular complexity index is 1370. The van der Waals surface area contributed by atoms with E-state index in [0.29, 0.717) is 29.9 Å². The summed E-state index contributed by atoms with van der Waals surface area (Å²) in [5.74, 6) is -2.29. The van der Waals surface area contributed by atoms with Gasteiger partial charge in [-0.3, -0.25) is 24.0 Å².